The highest BCUT2D eigenvalue weighted by molar-refractivity contribution is 6.31. The molecular weight excluding hydrogens is 252 g/mol. The zero-order chi connectivity index (χ0) is 13.4. The lowest BCUT2D eigenvalue weighted by molar-refractivity contribution is 0.0953. The Balaban J connectivity index is 2.30. The van der Waals surface area contributed by atoms with Gasteiger partial charge in [0.25, 0.3) is 5.91 Å². The van der Waals surface area contributed by atoms with Gasteiger partial charge in [0.2, 0.25) is 0 Å². The number of nitrogens with one attached hydrogen (secondary N) is 2. The molecule has 0 unspecified atom stereocenters. The van der Waals surface area contributed by atoms with Gasteiger partial charge in [-0.25, -0.2) is 0 Å². The average Bonchev–Trinajstić information content (AvgIpc) is 2.36. The van der Waals surface area contributed by atoms with E-state index in [0.29, 0.717) is 23.7 Å². The quantitative estimate of drug-likeness (QED) is 0.740. The molecule has 1 aromatic rings. The predicted octanol–water partition coefficient (Wildman–Crippen LogP) is 1.61. The summed E-state index contributed by atoms with van der Waals surface area (Å²) in [6.07, 6.45) is 0. The van der Waals surface area contributed by atoms with Crippen molar-refractivity contribution in [2.75, 3.05) is 33.4 Å². The molecule has 0 radical (unpaired) electrons. The molecule has 4 nitrogen and oxygen atoms in total. The van der Waals surface area contributed by atoms with E-state index in [0.717, 1.165) is 18.7 Å². The molecule has 0 aliphatic carbocycles. The molecule has 0 aliphatic heterocycles. The van der Waals surface area contributed by atoms with Crippen molar-refractivity contribution in [1.82, 2.24) is 10.6 Å². The Morgan fingerprint density at radius 2 is 2.11 bits per heavy atom. The van der Waals surface area contributed by atoms with Crippen molar-refractivity contribution >= 4 is 17.5 Å². The normalized spacial score (nSPS) is 10.4. The smallest absolute Gasteiger partial charge is 0.251 e. The van der Waals surface area contributed by atoms with Gasteiger partial charge in [0.05, 0.1) is 6.61 Å². The molecule has 5 heteroatoms. The van der Waals surface area contributed by atoms with Crippen molar-refractivity contribution in [3.8, 4) is 0 Å². The van der Waals surface area contributed by atoms with Crippen molar-refractivity contribution in [2.45, 2.75) is 6.92 Å². The maximum absolute atomic E-state index is 11.8. The first kappa shape index (κ1) is 15.0. The summed E-state index contributed by atoms with van der Waals surface area (Å²) < 4.78 is 4.90. The minimum atomic E-state index is -0.0803. The molecule has 0 aromatic heterocycles. The van der Waals surface area contributed by atoms with Gasteiger partial charge in [0.1, 0.15) is 0 Å². The van der Waals surface area contributed by atoms with Crippen LogP contribution in [0.15, 0.2) is 18.2 Å². The van der Waals surface area contributed by atoms with E-state index in [1.54, 1.807) is 25.3 Å². The van der Waals surface area contributed by atoms with Crippen molar-refractivity contribution in [3.05, 3.63) is 34.3 Å². The van der Waals surface area contributed by atoms with E-state index in [9.17, 15) is 4.79 Å². The molecule has 0 bridgehead atoms. The molecular formula is C13H19ClN2O2. The summed E-state index contributed by atoms with van der Waals surface area (Å²) in [5.41, 5.74) is 1.54. The van der Waals surface area contributed by atoms with Crippen LogP contribution in [0.25, 0.3) is 0 Å². The fourth-order valence-corrected chi connectivity index (χ4v) is 1.57. The number of rotatable bonds is 7. The van der Waals surface area contributed by atoms with Crippen molar-refractivity contribution in [2.24, 2.45) is 0 Å². The molecule has 100 valence electrons. The van der Waals surface area contributed by atoms with Crippen LogP contribution >= 0.6 is 11.6 Å². The topological polar surface area (TPSA) is 50.4 Å². The van der Waals surface area contributed by atoms with Gasteiger partial charge in [0, 0.05) is 37.3 Å². The zero-order valence-electron chi connectivity index (χ0n) is 10.8. The van der Waals surface area contributed by atoms with Gasteiger partial charge in [-0.3, -0.25) is 4.79 Å². The molecule has 0 aliphatic rings. The Morgan fingerprint density at radius 3 is 2.78 bits per heavy atom. The highest BCUT2D eigenvalue weighted by Crippen LogP contribution is 2.15. The van der Waals surface area contributed by atoms with Crippen LogP contribution in [0.3, 0.4) is 0 Å². The van der Waals surface area contributed by atoms with Crippen LogP contribution in [-0.4, -0.2) is 39.3 Å². The van der Waals surface area contributed by atoms with Gasteiger partial charge in [-0.15, -0.1) is 0 Å². The second kappa shape index (κ2) is 8.08. The number of carbonyl (C=O) groups is 1. The Hall–Kier alpha value is -1.10. The van der Waals surface area contributed by atoms with Crippen LogP contribution in [0, 0.1) is 6.92 Å². The van der Waals surface area contributed by atoms with Gasteiger partial charge in [-0.2, -0.15) is 0 Å². The Bertz CT molecular complexity index is 397. The number of carbonyl (C=O) groups excluding carboxylic acids is 1. The molecule has 1 aromatic carbocycles. The van der Waals surface area contributed by atoms with E-state index < -0.39 is 0 Å². The second-order valence-electron chi connectivity index (χ2n) is 3.96. The van der Waals surface area contributed by atoms with Gasteiger partial charge < -0.3 is 15.4 Å². The summed E-state index contributed by atoms with van der Waals surface area (Å²) in [5, 5.41) is 6.66. The lowest BCUT2D eigenvalue weighted by atomic mass is 10.1. The molecule has 18 heavy (non-hydrogen) atoms. The minimum Gasteiger partial charge on any atom is -0.383 e. The standard InChI is InChI=1S/C13H19ClN2O2/c1-10-9-11(3-4-12(10)14)13(17)16-6-5-15-7-8-18-2/h3-4,9,15H,5-8H2,1-2H3,(H,16,17). The van der Waals surface area contributed by atoms with Crippen LogP contribution in [0.5, 0.6) is 0 Å². The van der Waals surface area contributed by atoms with Crippen molar-refractivity contribution in [1.29, 1.82) is 0 Å². The summed E-state index contributed by atoms with van der Waals surface area (Å²) in [7, 11) is 1.66. The number of halogens is 1. The Kier molecular flexibility index (Phi) is 6.72. The van der Waals surface area contributed by atoms with E-state index in [-0.39, 0.29) is 5.91 Å². The van der Waals surface area contributed by atoms with Gasteiger partial charge in [0.15, 0.2) is 0 Å². The molecule has 0 atom stereocenters. The van der Waals surface area contributed by atoms with Gasteiger partial charge in [-0.05, 0) is 30.7 Å². The van der Waals surface area contributed by atoms with Crippen LogP contribution < -0.4 is 10.6 Å². The molecule has 2 N–H and O–H groups in total. The summed E-state index contributed by atoms with van der Waals surface area (Å²) in [5.74, 6) is -0.0803. The average molecular weight is 271 g/mol. The first-order chi connectivity index (χ1) is 8.65. The first-order valence-corrected chi connectivity index (χ1v) is 6.27. The summed E-state index contributed by atoms with van der Waals surface area (Å²) >= 11 is 5.91. The van der Waals surface area contributed by atoms with Crippen LogP contribution in [0.1, 0.15) is 15.9 Å². The molecule has 0 spiro atoms. The number of amides is 1. The molecule has 0 saturated carbocycles. The number of aryl methyl sites for hydroxylation is 1. The fourth-order valence-electron chi connectivity index (χ4n) is 1.45. The Morgan fingerprint density at radius 1 is 1.33 bits per heavy atom. The third-order valence-corrected chi connectivity index (χ3v) is 2.91. The van der Waals surface area contributed by atoms with E-state index in [4.69, 9.17) is 16.3 Å². The SMILES string of the molecule is COCCNCCNC(=O)c1ccc(Cl)c(C)c1. The minimum absolute atomic E-state index is 0.0803. The monoisotopic (exact) mass is 270 g/mol. The molecule has 1 amide bonds. The molecule has 1 rings (SSSR count). The van der Waals surface area contributed by atoms with E-state index >= 15 is 0 Å². The van der Waals surface area contributed by atoms with Crippen molar-refractivity contribution in [3.63, 3.8) is 0 Å². The summed E-state index contributed by atoms with van der Waals surface area (Å²) in [6.45, 7) is 4.65. The number of methoxy groups -OCH3 is 1. The predicted molar refractivity (Wildman–Crippen MR) is 73.3 cm³/mol. The number of benzene rings is 1. The molecule has 0 saturated heterocycles. The highest BCUT2D eigenvalue weighted by Gasteiger charge is 2.05. The van der Waals surface area contributed by atoms with Crippen LogP contribution in [-0.2, 0) is 4.74 Å². The third kappa shape index (κ3) is 5.04. The lowest BCUT2D eigenvalue weighted by Crippen LogP contribution is -2.33. The third-order valence-electron chi connectivity index (χ3n) is 2.49. The molecule has 0 fully saturated rings. The number of hydrogen-bond donors (Lipinski definition) is 2. The molecule has 0 heterocycles. The second-order valence-corrected chi connectivity index (χ2v) is 4.37. The van der Waals surface area contributed by atoms with Crippen molar-refractivity contribution < 1.29 is 9.53 Å². The van der Waals surface area contributed by atoms with Gasteiger partial charge >= 0.3 is 0 Å². The lowest BCUT2D eigenvalue weighted by Gasteiger charge is -2.07. The Labute approximate surface area is 113 Å². The first-order valence-electron chi connectivity index (χ1n) is 5.89. The van der Waals surface area contributed by atoms with E-state index in [1.807, 2.05) is 6.92 Å². The largest absolute Gasteiger partial charge is 0.383 e. The van der Waals surface area contributed by atoms with E-state index in [1.165, 1.54) is 0 Å². The van der Waals surface area contributed by atoms with Crippen LogP contribution in [0.4, 0.5) is 0 Å². The van der Waals surface area contributed by atoms with Gasteiger partial charge in [-0.1, -0.05) is 11.6 Å². The van der Waals surface area contributed by atoms with E-state index in [2.05, 4.69) is 10.6 Å². The van der Waals surface area contributed by atoms with Crippen LogP contribution in [0.2, 0.25) is 5.02 Å². The maximum Gasteiger partial charge on any atom is 0.251 e. The number of ether oxygens (including phenoxy) is 1. The fraction of sp³-hybridized carbons (Fsp3) is 0.462. The number of hydrogen-bond acceptors (Lipinski definition) is 3. The zero-order valence-corrected chi connectivity index (χ0v) is 11.5. The summed E-state index contributed by atoms with van der Waals surface area (Å²) in [6, 6.07) is 5.25. The summed E-state index contributed by atoms with van der Waals surface area (Å²) in [4.78, 5) is 11.8. The highest BCUT2D eigenvalue weighted by atomic mass is 35.5. The maximum atomic E-state index is 11.8.